The Bertz CT molecular complexity index is 545. The minimum Gasteiger partial charge on any atom is -0.396 e. The Kier molecular flexibility index (Phi) is 4.62. The molecule has 0 fully saturated rings. The lowest BCUT2D eigenvalue weighted by Crippen LogP contribution is -2.26. The van der Waals surface area contributed by atoms with Gasteiger partial charge in [-0.2, -0.15) is 0 Å². The quantitative estimate of drug-likeness (QED) is 0.498. The molecule has 0 radical (unpaired) electrons. The van der Waals surface area contributed by atoms with E-state index in [1.807, 2.05) is 0 Å². The number of benzene rings is 1. The van der Waals surface area contributed by atoms with Crippen molar-refractivity contribution in [3.8, 4) is 0 Å². The highest BCUT2D eigenvalue weighted by atomic mass is 32.2. The van der Waals surface area contributed by atoms with E-state index in [0.717, 1.165) is 18.2 Å². The van der Waals surface area contributed by atoms with Gasteiger partial charge in [0.1, 0.15) is 5.82 Å². The number of halogens is 1. The molecule has 1 amide bonds. The summed E-state index contributed by atoms with van der Waals surface area (Å²) in [7, 11) is -3.75. The van der Waals surface area contributed by atoms with Crippen molar-refractivity contribution in [1.82, 2.24) is 4.72 Å². The Balaban J connectivity index is 2.68. The van der Waals surface area contributed by atoms with Crippen LogP contribution in [0, 0.1) is 5.82 Å². The minimum atomic E-state index is -3.75. The highest BCUT2D eigenvalue weighted by molar-refractivity contribution is 7.89. The first-order valence-electron chi connectivity index (χ1n) is 5.16. The maximum atomic E-state index is 12.9. The summed E-state index contributed by atoms with van der Waals surface area (Å²) in [4.78, 5) is 10.3. The zero-order chi connectivity index (χ0) is 13.8. The van der Waals surface area contributed by atoms with E-state index in [1.54, 1.807) is 0 Å². The molecule has 0 spiro atoms. The predicted molar refractivity (Wildman–Crippen MR) is 64.4 cm³/mol. The lowest BCUT2D eigenvalue weighted by atomic mass is 10.3. The molecule has 0 saturated heterocycles. The zero-order valence-corrected chi connectivity index (χ0v) is 10.3. The van der Waals surface area contributed by atoms with E-state index in [-0.39, 0.29) is 23.5 Å². The molecule has 0 aromatic heterocycles. The number of sulfonamides is 1. The third kappa shape index (κ3) is 3.97. The molecule has 8 heteroatoms. The molecule has 1 aromatic carbocycles. The van der Waals surface area contributed by atoms with Gasteiger partial charge in [0.05, 0.1) is 10.6 Å². The number of nitrogens with two attached hydrogens (primary N) is 2. The van der Waals surface area contributed by atoms with Gasteiger partial charge in [0.25, 0.3) is 0 Å². The molecule has 0 saturated carbocycles. The van der Waals surface area contributed by atoms with E-state index in [2.05, 4.69) is 4.72 Å². The number of carbonyl (C=O) groups excluding carboxylic acids is 1. The predicted octanol–water partition coefficient (Wildman–Crippen LogP) is -0.0483. The van der Waals surface area contributed by atoms with E-state index in [1.165, 1.54) is 0 Å². The smallest absolute Gasteiger partial charge is 0.240 e. The Hall–Kier alpha value is -1.67. The third-order valence-electron chi connectivity index (χ3n) is 2.17. The van der Waals surface area contributed by atoms with E-state index < -0.39 is 21.7 Å². The molecule has 5 N–H and O–H groups in total. The van der Waals surface area contributed by atoms with Crippen molar-refractivity contribution in [2.75, 3.05) is 12.3 Å². The molecule has 0 aliphatic heterocycles. The fourth-order valence-corrected chi connectivity index (χ4v) is 2.35. The summed E-state index contributed by atoms with van der Waals surface area (Å²) >= 11 is 0. The van der Waals surface area contributed by atoms with Crippen molar-refractivity contribution < 1.29 is 17.6 Å². The number of primary amides is 1. The third-order valence-corrected chi connectivity index (χ3v) is 3.63. The first-order chi connectivity index (χ1) is 8.33. The Labute approximate surface area is 104 Å². The van der Waals surface area contributed by atoms with Gasteiger partial charge in [-0.05, 0) is 24.6 Å². The maximum Gasteiger partial charge on any atom is 0.240 e. The lowest BCUT2D eigenvalue weighted by Gasteiger charge is -2.07. The van der Waals surface area contributed by atoms with Gasteiger partial charge in [0.2, 0.25) is 15.9 Å². The van der Waals surface area contributed by atoms with Crippen LogP contribution in [0.25, 0.3) is 0 Å². The van der Waals surface area contributed by atoms with Crippen molar-refractivity contribution in [3.63, 3.8) is 0 Å². The molecule has 100 valence electrons. The summed E-state index contributed by atoms with van der Waals surface area (Å²) in [5.41, 5.74) is 9.96. The van der Waals surface area contributed by atoms with Gasteiger partial charge in [0, 0.05) is 13.0 Å². The van der Waals surface area contributed by atoms with Crippen LogP contribution in [0.3, 0.4) is 0 Å². The van der Waals surface area contributed by atoms with Gasteiger partial charge in [-0.25, -0.2) is 17.5 Å². The second kappa shape index (κ2) is 5.78. The zero-order valence-electron chi connectivity index (χ0n) is 9.52. The molecule has 0 aliphatic carbocycles. The normalized spacial score (nSPS) is 11.4. The number of amides is 1. The summed E-state index contributed by atoms with van der Waals surface area (Å²) in [5.74, 6) is -1.18. The molecule has 6 nitrogen and oxygen atoms in total. The van der Waals surface area contributed by atoms with Crippen molar-refractivity contribution in [3.05, 3.63) is 24.0 Å². The SMILES string of the molecule is NC(=O)CCCNS(=O)(=O)c1ccc(F)c(N)c1. The Morgan fingerprint density at radius 2 is 2.06 bits per heavy atom. The molecule has 0 bridgehead atoms. The molecular formula is C10H14FN3O3S. The average Bonchev–Trinajstić information content (AvgIpc) is 2.28. The van der Waals surface area contributed by atoms with Crippen molar-refractivity contribution in [2.45, 2.75) is 17.7 Å². The Morgan fingerprint density at radius 1 is 1.39 bits per heavy atom. The number of anilines is 1. The van der Waals surface area contributed by atoms with Gasteiger partial charge in [-0.3, -0.25) is 4.79 Å². The van der Waals surface area contributed by atoms with Gasteiger partial charge in [0.15, 0.2) is 0 Å². The summed E-state index contributed by atoms with van der Waals surface area (Å²) in [6.45, 7) is 0.0720. The minimum absolute atomic E-state index is 0.0720. The fraction of sp³-hybridized carbons (Fsp3) is 0.300. The summed E-state index contributed by atoms with van der Waals surface area (Å²) in [6, 6.07) is 3.13. The lowest BCUT2D eigenvalue weighted by molar-refractivity contribution is -0.118. The van der Waals surface area contributed by atoms with Gasteiger partial charge in [-0.15, -0.1) is 0 Å². The molecule has 0 aliphatic rings. The van der Waals surface area contributed by atoms with Crippen molar-refractivity contribution in [2.24, 2.45) is 5.73 Å². The van der Waals surface area contributed by atoms with Crippen LogP contribution in [0.2, 0.25) is 0 Å². The van der Waals surface area contributed by atoms with E-state index in [9.17, 15) is 17.6 Å². The standard InChI is InChI=1S/C10H14FN3O3S/c11-8-4-3-7(6-9(8)12)18(16,17)14-5-1-2-10(13)15/h3-4,6,14H,1-2,5,12H2,(H2,13,15). The highest BCUT2D eigenvalue weighted by Crippen LogP contribution is 2.16. The largest absolute Gasteiger partial charge is 0.396 e. The number of carbonyl (C=O) groups is 1. The Morgan fingerprint density at radius 3 is 2.61 bits per heavy atom. The van der Waals surface area contributed by atoms with Crippen LogP contribution in [0.5, 0.6) is 0 Å². The monoisotopic (exact) mass is 275 g/mol. The summed E-state index contributed by atoms with van der Waals surface area (Å²) in [6.07, 6.45) is 0.388. The second-order valence-corrected chi connectivity index (χ2v) is 5.42. The molecule has 0 heterocycles. The summed E-state index contributed by atoms with van der Waals surface area (Å²) < 4.78 is 38.6. The topological polar surface area (TPSA) is 115 Å². The van der Waals surface area contributed by atoms with Crippen LogP contribution in [-0.2, 0) is 14.8 Å². The molecule has 1 aromatic rings. The number of rotatable bonds is 6. The second-order valence-electron chi connectivity index (χ2n) is 3.65. The van der Waals surface area contributed by atoms with Crippen molar-refractivity contribution >= 4 is 21.6 Å². The van der Waals surface area contributed by atoms with E-state index >= 15 is 0 Å². The van der Waals surface area contributed by atoms with Crippen LogP contribution in [-0.4, -0.2) is 20.9 Å². The van der Waals surface area contributed by atoms with Crippen LogP contribution in [0.15, 0.2) is 23.1 Å². The van der Waals surface area contributed by atoms with Crippen molar-refractivity contribution in [1.29, 1.82) is 0 Å². The molecule has 1 rings (SSSR count). The van der Waals surface area contributed by atoms with Gasteiger partial charge < -0.3 is 11.5 Å². The maximum absolute atomic E-state index is 12.9. The number of hydrogen-bond donors (Lipinski definition) is 3. The van der Waals surface area contributed by atoms with E-state index in [4.69, 9.17) is 11.5 Å². The van der Waals surface area contributed by atoms with Crippen LogP contribution in [0.4, 0.5) is 10.1 Å². The van der Waals surface area contributed by atoms with Crippen LogP contribution in [0.1, 0.15) is 12.8 Å². The first-order valence-corrected chi connectivity index (χ1v) is 6.64. The molecule has 0 atom stereocenters. The average molecular weight is 275 g/mol. The van der Waals surface area contributed by atoms with Gasteiger partial charge >= 0.3 is 0 Å². The molecule has 18 heavy (non-hydrogen) atoms. The number of nitrogen functional groups attached to an aromatic ring is 1. The van der Waals surface area contributed by atoms with Crippen LogP contribution < -0.4 is 16.2 Å². The highest BCUT2D eigenvalue weighted by Gasteiger charge is 2.14. The number of hydrogen-bond acceptors (Lipinski definition) is 4. The van der Waals surface area contributed by atoms with Crippen LogP contribution >= 0.6 is 0 Å². The molecule has 0 unspecified atom stereocenters. The first kappa shape index (κ1) is 14.4. The van der Waals surface area contributed by atoms with E-state index in [0.29, 0.717) is 6.42 Å². The fourth-order valence-electron chi connectivity index (χ4n) is 1.24. The van der Waals surface area contributed by atoms with Gasteiger partial charge in [-0.1, -0.05) is 0 Å². The number of nitrogens with one attached hydrogen (secondary N) is 1. The molecular weight excluding hydrogens is 261 g/mol. The summed E-state index contributed by atoms with van der Waals surface area (Å²) in [5, 5.41) is 0.